The Morgan fingerprint density at radius 2 is 2.16 bits per heavy atom. The fourth-order valence-electron chi connectivity index (χ4n) is 2.25. The van der Waals surface area contributed by atoms with E-state index in [1.807, 2.05) is 18.2 Å². The molecule has 1 atom stereocenters. The minimum absolute atomic E-state index is 0.0438. The average molecular weight is 262 g/mol. The quantitative estimate of drug-likeness (QED) is 0.789. The van der Waals surface area contributed by atoms with Gasteiger partial charge in [-0.25, -0.2) is 0 Å². The standard InChI is InChI=1S/C15H22N2O2/c1-11(2)16-8-9-17-15(18)14-13-6-4-3-5-12(13)7-10-19-14/h3-6,11,14,16H,7-10H2,1-2H3,(H,17,18). The molecule has 0 aliphatic carbocycles. The van der Waals surface area contributed by atoms with E-state index in [4.69, 9.17) is 4.74 Å². The van der Waals surface area contributed by atoms with E-state index < -0.39 is 6.10 Å². The summed E-state index contributed by atoms with van der Waals surface area (Å²) in [6.07, 6.45) is 0.429. The number of benzene rings is 1. The fraction of sp³-hybridized carbons (Fsp3) is 0.533. The third-order valence-corrected chi connectivity index (χ3v) is 3.21. The van der Waals surface area contributed by atoms with E-state index in [0.717, 1.165) is 18.5 Å². The first-order valence-electron chi connectivity index (χ1n) is 6.89. The molecule has 0 radical (unpaired) electrons. The summed E-state index contributed by atoms with van der Waals surface area (Å²) in [7, 11) is 0. The molecule has 0 aromatic heterocycles. The van der Waals surface area contributed by atoms with Gasteiger partial charge in [-0.1, -0.05) is 38.1 Å². The molecule has 0 saturated heterocycles. The van der Waals surface area contributed by atoms with Crippen molar-refractivity contribution < 1.29 is 9.53 Å². The van der Waals surface area contributed by atoms with E-state index in [0.29, 0.717) is 19.2 Å². The summed E-state index contributed by atoms with van der Waals surface area (Å²) in [6.45, 7) is 6.18. The molecule has 1 aliphatic heterocycles. The van der Waals surface area contributed by atoms with Crippen molar-refractivity contribution in [1.29, 1.82) is 0 Å². The summed E-state index contributed by atoms with van der Waals surface area (Å²) >= 11 is 0. The summed E-state index contributed by atoms with van der Waals surface area (Å²) in [5, 5.41) is 6.19. The van der Waals surface area contributed by atoms with E-state index in [9.17, 15) is 4.79 Å². The average Bonchev–Trinajstić information content (AvgIpc) is 2.42. The van der Waals surface area contributed by atoms with Crippen LogP contribution in [0.1, 0.15) is 31.1 Å². The molecule has 104 valence electrons. The number of carbonyl (C=O) groups excluding carboxylic acids is 1. The minimum Gasteiger partial charge on any atom is -0.363 e. The van der Waals surface area contributed by atoms with Gasteiger partial charge in [-0.3, -0.25) is 4.79 Å². The number of amides is 1. The molecule has 1 aromatic carbocycles. The lowest BCUT2D eigenvalue weighted by Crippen LogP contribution is -2.38. The summed E-state index contributed by atoms with van der Waals surface area (Å²) in [5.74, 6) is -0.0438. The molecule has 1 heterocycles. The van der Waals surface area contributed by atoms with Crippen LogP contribution >= 0.6 is 0 Å². The first-order valence-corrected chi connectivity index (χ1v) is 6.89. The molecule has 0 spiro atoms. The third kappa shape index (κ3) is 3.78. The van der Waals surface area contributed by atoms with Crippen LogP contribution < -0.4 is 10.6 Å². The van der Waals surface area contributed by atoms with Crippen LogP contribution in [0.4, 0.5) is 0 Å². The van der Waals surface area contributed by atoms with Crippen LogP contribution in [-0.4, -0.2) is 31.6 Å². The van der Waals surface area contributed by atoms with Crippen LogP contribution in [0, 0.1) is 0 Å². The molecular weight excluding hydrogens is 240 g/mol. The van der Waals surface area contributed by atoms with E-state index in [2.05, 4.69) is 30.5 Å². The Morgan fingerprint density at radius 1 is 1.37 bits per heavy atom. The number of rotatable bonds is 5. The molecule has 0 saturated carbocycles. The highest BCUT2D eigenvalue weighted by atomic mass is 16.5. The number of fused-ring (bicyclic) bond motifs is 1. The van der Waals surface area contributed by atoms with E-state index >= 15 is 0 Å². The smallest absolute Gasteiger partial charge is 0.253 e. The predicted molar refractivity (Wildman–Crippen MR) is 75.0 cm³/mol. The lowest BCUT2D eigenvalue weighted by molar-refractivity contribution is -0.134. The van der Waals surface area contributed by atoms with Crippen LogP contribution in [0.5, 0.6) is 0 Å². The molecule has 2 N–H and O–H groups in total. The van der Waals surface area contributed by atoms with Crippen LogP contribution in [0.3, 0.4) is 0 Å². The van der Waals surface area contributed by atoms with Crippen molar-refractivity contribution in [2.45, 2.75) is 32.4 Å². The SMILES string of the molecule is CC(C)NCCNC(=O)C1OCCc2ccccc21. The van der Waals surface area contributed by atoms with Gasteiger partial charge in [0.15, 0.2) is 6.10 Å². The lowest BCUT2D eigenvalue weighted by Gasteiger charge is -2.25. The van der Waals surface area contributed by atoms with Gasteiger partial charge in [-0.15, -0.1) is 0 Å². The summed E-state index contributed by atoms with van der Waals surface area (Å²) < 4.78 is 5.61. The first-order chi connectivity index (χ1) is 9.18. The van der Waals surface area contributed by atoms with Crippen molar-refractivity contribution in [3.63, 3.8) is 0 Å². The van der Waals surface area contributed by atoms with Gasteiger partial charge in [0.05, 0.1) is 6.61 Å². The topological polar surface area (TPSA) is 50.4 Å². The van der Waals surface area contributed by atoms with Crippen molar-refractivity contribution in [3.8, 4) is 0 Å². The molecule has 2 rings (SSSR count). The fourth-order valence-corrected chi connectivity index (χ4v) is 2.25. The molecule has 1 unspecified atom stereocenters. The van der Waals surface area contributed by atoms with Crippen LogP contribution in [0.25, 0.3) is 0 Å². The molecule has 1 aliphatic rings. The molecule has 0 fully saturated rings. The van der Waals surface area contributed by atoms with E-state index in [1.54, 1.807) is 0 Å². The van der Waals surface area contributed by atoms with Gasteiger partial charge < -0.3 is 15.4 Å². The third-order valence-electron chi connectivity index (χ3n) is 3.21. The number of ether oxygens (including phenoxy) is 1. The number of hydrogen-bond donors (Lipinski definition) is 2. The molecule has 4 heteroatoms. The van der Waals surface area contributed by atoms with E-state index in [1.165, 1.54) is 5.56 Å². The summed E-state index contributed by atoms with van der Waals surface area (Å²) in [4.78, 5) is 12.1. The predicted octanol–water partition coefficient (Wildman–Crippen LogP) is 1.41. The Balaban J connectivity index is 1.90. The molecule has 0 bridgehead atoms. The second-order valence-corrected chi connectivity index (χ2v) is 5.10. The van der Waals surface area contributed by atoms with Gasteiger partial charge in [-0.05, 0) is 17.5 Å². The highest BCUT2D eigenvalue weighted by Crippen LogP contribution is 2.26. The molecule has 4 nitrogen and oxygen atoms in total. The monoisotopic (exact) mass is 262 g/mol. The maximum atomic E-state index is 12.1. The second-order valence-electron chi connectivity index (χ2n) is 5.10. The Morgan fingerprint density at radius 3 is 2.95 bits per heavy atom. The van der Waals surface area contributed by atoms with Crippen LogP contribution in [-0.2, 0) is 16.0 Å². The van der Waals surface area contributed by atoms with Crippen molar-refractivity contribution in [2.24, 2.45) is 0 Å². The number of nitrogens with one attached hydrogen (secondary N) is 2. The summed E-state index contributed by atoms with van der Waals surface area (Å²) in [6, 6.07) is 8.44. The Labute approximate surface area is 114 Å². The normalized spacial score (nSPS) is 18.2. The highest BCUT2D eigenvalue weighted by molar-refractivity contribution is 5.82. The van der Waals surface area contributed by atoms with Crippen LogP contribution in [0.2, 0.25) is 0 Å². The van der Waals surface area contributed by atoms with Crippen molar-refractivity contribution in [3.05, 3.63) is 35.4 Å². The van der Waals surface area contributed by atoms with Crippen molar-refractivity contribution in [1.82, 2.24) is 10.6 Å². The van der Waals surface area contributed by atoms with E-state index in [-0.39, 0.29) is 5.91 Å². The Kier molecular flexibility index (Phi) is 4.93. The zero-order valence-electron chi connectivity index (χ0n) is 11.6. The zero-order chi connectivity index (χ0) is 13.7. The van der Waals surface area contributed by atoms with Gasteiger partial charge in [0, 0.05) is 19.1 Å². The van der Waals surface area contributed by atoms with Crippen molar-refractivity contribution >= 4 is 5.91 Å². The largest absolute Gasteiger partial charge is 0.363 e. The highest BCUT2D eigenvalue weighted by Gasteiger charge is 2.26. The number of hydrogen-bond acceptors (Lipinski definition) is 3. The van der Waals surface area contributed by atoms with Gasteiger partial charge in [0.1, 0.15) is 0 Å². The summed E-state index contributed by atoms with van der Waals surface area (Å²) in [5.41, 5.74) is 2.22. The van der Waals surface area contributed by atoms with Gasteiger partial charge in [-0.2, -0.15) is 0 Å². The van der Waals surface area contributed by atoms with Crippen LogP contribution in [0.15, 0.2) is 24.3 Å². The van der Waals surface area contributed by atoms with Gasteiger partial charge in [0.2, 0.25) is 0 Å². The Hall–Kier alpha value is -1.39. The van der Waals surface area contributed by atoms with Gasteiger partial charge in [0.25, 0.3) is 5.91 Å². The van der Waals surface area contributed by atoms with Gasteiger partial charge >= 0.3 is 0 Å². The zero-order valence-corrected chi connectivity index (χ0v) is 11.6. The maximum Gasteiger partial charge on any atom is 0.253 e. The van der Waals surface area contributed by atoms with Crippen molar-refractivity contribution in [2.75, 3.05) is 19.7 Å². The molecule has 1 amide bonds. The minimum atomic E-state index is -0.455. The number of carbonyl (C=O) groups is 1. The molecule has 19 heavy (non-hydrogen) atoms. The second kappa shape index (κ2) is 6.68. The first kappa shape index (κ1) is 14.0. The molecular formula is C15H22N2O2. The molecule has 1 aromatic rings. The lowest BCUT2D eigenvalue weighted by atomic mass is 9.97. The Bertz CT molecular complexity index is 432. The maximum absolute atomic E-state index is 12.1.